The first-order valence-electron chi connectivity index (χ1n) is 11.9. The Balaban J connectivity index is 1.31. The van der Waals surface area contributed by atoms with Gasteiger partial charge in [-0.25, -0.2) is 9.67 Å². The van der Waals surface area contributed by atoms with Crippen LogP contribution in [0.2, 0.25) is 0 Å². The maximum atomic E-state index is 13.3. The molecule has 2 heterocycles. The zero-order valence-corrected chi connectivity index (χ0v) is 21.4. The Hall–Kier alpha value is -4.24. The van der Waals surface area contributed by atoms with Gasteiger partial charge in [0.25, 0.3) is 5.56 Å². The molecule has 0 saturated heterocycles. The topological polar surface area (TPSA) is 94.7 Å². The molecule has 2 aromatic heterocycles. The molecular formula is C28H26N6O2S. The van der Waals surface area contributed by atoms with Crippen molar-refractivity contribution in [2.24, 2.45) is 0 Å². The van der Waals surface area contributed by atoms with E-state index in [0.29, 0.717) is 34.1 Å². The van der Waals surface area contributed by atoms with Crippen LogP contribution in [-0.2, 0) is 23.6 Å². The van der Waals surface area contributed by atoms with E-state index in [9.17, 15) is 9.59 Å². The molecule has 0 saturated carbocycles. The largest absolute Gasteiger partial charge is 0.324 e. The lowest BCUT2D eigenvalue weighted by atomic mass is 10.1. The van der Waals surface area contributed by atoms with Gasteiger partial charge >= 0.3 is 0 Å². The number of carbonyl (C=O) groups is 1. The predicted molar refractivity (Wildman–Crippen MR) is 146 cm³/mol. The van der Waals surface area contributed by atoms with Gasteiger partial charge in [-0.15, -0.1) is 5.10 Å². The molecule has 0 spiro atoms. The number of nitrogens with one attached hydrogen (secondary N) is 1. The molecular weight excluding hydrogens is 484 g/mol. The fourth-order valence-corrected chi connectivity index (χ4v) is 4.95. The zero-order chi connectivity index (χ0) is 25.8. The van der Waals surface area contributed by atoms with Crippen LogP contribution in [-0.4, -0.2) is 30.5 Å². The summed E-state index contributed by atoms with van der Waals surface area (Å²) in [7, 11) is 0. The highest BCUT2D eigenvalue weighted by molar-refractivity contribution is 7.98. The van der Waals surface area contributed by atoms with Gasteiger partial charge in [-0.3, -0.25) is 14.2 Å². The third-order valence-corrected chi connectivity index (χ3v) is 6.92. The van der Waals surface area contributed by atoms with Crippen LogP contribution in [0.1, 0.15) is 22.4 Å². The number of benzene rings is 3. The van der Waals surface area contributed by atoms with Crippen LogP contribution >= 0.6 is 11.8 Å². The number of fused-ring (bicyclic) bond motifs is 1. The lowest BCUT2D eigenvalue weighted by Gasteiger charge is -2.13. The molecule has 0 unspecified atom stereocenters. The van der Waals surface area contributed by atoms with E-state index in [4.69, 9.17) is 4.98 Å². The highest BCUT2D eigenvalue weighted by Crippen LogP contribution is 2.22. The Labute approximate surface area is 218 Å². The van der Waals surface area contributed by atoms with Crippen molar-refractivity contribution in [2.45, 2.75) is 37.8 Å². The van der Waals surface area contributed by atoms with E-state index < -0.39 is 0 Å². The highest BCUT2D eigenvalue weighted by Gasteiger charge is 2.14. The summed E-state index contributed by atoms with van der Waals surface area (Å²) in [6, 6.07) is 23.1. The molecule has 8 nitrogen and oxygen atoms in total. The van der Waals surface area contributed by atoms with Crippen molar-refractivity contribution >= 4 is 34.3 Å². The van der Waals surface area contributed by atoms with Crippen molar-refractivity contribution in [1.82, 2.24) is 24.5 Å². The fraction of sp³-hybridized carbons (Fsp3) is 0.179. The van der Waals surface area contributed by atoms with Gasteiger partial charge in [-0.1, -0.05) is 77.1 Å². The fourth-order valence-electron chi connectivity index (χ4n) is 4.07. The second-order valence-electron chi connectivity index (χ2n) is 8.85. The molecule has 0 aliphatic rings. The monoisotopic (exact) mass is 510 g/mol. The summed E-state index contributed by atoms with van der Waals surface area (Å²) < 4.78 is 3.21. The maximum absolute atomic E-state index is 13.3. The molecule has 5 aromatic rings. The summed E-state index contributed by atoms with van der Waals surface area (Å²) in [5.41, 5.74) is 5.22. The van der Waals surface area contributed by atoms with E-state index in [0.717, 1.165) is 22.4 Å². The summed E-state index contributed by atoms with van der Waals surface area (Å²) in [6.07, 6.45) is 1.75. The SMILES string of the molecule is Cc1ccc(NC(=O)Cn2cc(CSc3nc4ccccc4c(=O)n3Cc3ccccc3)nn2)c(C)c1. The molecule has 0 radical (unpaired) electrons. The van der Waals surface area contributed by atoms with Gasteiger partial charge in [-0.2, -0.15) is 0 Å². The average molecular weight is 511 g/mol. The van der Waals surface area contributed by atoms with Gasteiger partial charge in [0.15, 0.2) is 5.16 Å². The minimum absolute atomic E-state index is 0.0535. The summed E-state index contributed by atoms with van der Waals surface area (Å²) in [5.74, 6) is 0.280. The molecule has 3 aromatic carbocycles. The predicted octanol–water partition coefficient (Wildman–Crippen LogP) is 4.58. The molecule has 37 heavy (non-hydrogen) atoms. The van der Waals surface area contributed by atoms with E-state index in [2.05, 4.69) is 15.6 Å². The quantitative estimate of drug-likeness (QED) is 0.243. The van der Waals surface area contributed by atoms with E-state index in [1.54, 1.807) is 16.8 Å². The third kappa shape index (κ3) is 5.78. The Bertz CT molecular complexity index is 1630. The van der Waals surface area contributed by atoms with E-state index in [-0.39, 0.29) is 18.0 Å². The van der Waals surface area contributed by atoms with Crippen molar-refractivity contribution < 1.29 is 4.79 Å². The van der Waals surface area contributed by atoms with E-state index in [1.165, 1.54) is 16.4 Å². The number of aryl methyl sites for hydroxylation is 2. The number of nitrogens with zero attached hydrogens (tertiary/aromatic N) is 5. The van der Waals surface area contributed by atoms with Gasteiger partial charge < -0.3 is 5.32 Å². The molecule has 0 aliphatic heterocycles. The molecule has 1 amide bonds. The van der Waals surface area contributed by atoms with E-state index in [1.807, 2.05) is 80.6 Å². The number of aromatic nitrogens is 5. The molecule has 0 fully saturated rings. The first-order valence-corrected chi connectivity index (χ1v) is 12.9. The van der Waals surface area contributed by atoms with Crippen LogP contribution in [0.5, 0.6) is 0 Å². The van der Waals surface area contributed by atoms with Gasteiger partial charge in [0.05, 0.1) is 23.1 Å². The Kier molecular flexibility index (Phi) is 7.14. The molecule has 0 atom stereocenters. The van der Waals surface area contributed by atoms with Crippen molar-refractivity contribution in [3.05, 3.63) is 112 Å². The second-order valence-corrected chi connectivity index (χ2v) is 9.79. The Morgan fingerprint density at radius 2 is 1.78 bits per heavy atom. The van der Waals surface area contributed by atoms with Crippen molar-refractivity contribution in [3.8, 4) is 0 Å². The average Bonchev–Trinajstić information content (AvgIpc) is 3.34. The van der Waals surface area contributed by atoms with Crippen molar-refractivity contribution in [1.29, 1.82) is 0 Å². The molecule has 186 valence electrons. The lowest BCUT2D eigenvalue weighted by molar-refractivity contribution is -0.116. The number of carbonyl (C=O) groups excluding carboxylic acids is 1. The Morgan fingerprint density at radius 1 is 1.00 bits per heavy atom. The smallest absolute Gasteiger partial charge is 0.262 e. The molecule has 0 bridgehead atoms. The minimum Gasteiger partial charge on any atom is -0.324 e. The number of rotatable bonds is 8. The highest BCUT2D eigenvalue weighted by atomic mass is 32.2. The van der Waals surface area contributed by atoms with Gasteiger partial charge in [-0.05, 0) is 43.2 Å². The maximum Gasteiger partial charge on any atom is 0.262 e. The Morgan fingerprint density at radius 3 is 2.59 bits per heavy atom. The van der Waals surface area contributed by atoms with Crippen LogP contribution in [0, 0.1) is 13.8 Å². The first-order chi connectivity index (χ1) is 18.0. The third-order valence-electron chi connectivity index (χ3n) is 5.91. The van der Waals surface area contributed by atoms with Crippen LogP contribution in [0.25, 0.3) is 10.9 Å². The number of hydrogen-bond acceptors (Lipinski definition) is 6. The van der Waals surface area contributed by atoms with Gasteiger partial charge in [0.2, 0.25) is 5.91 Å². The molecule has 0 aliphatic carbocycles. The standard InChI is InChI=1S/C28H26N6O2S/c1-19-12-13-24(20(2)14-19)29-26(35)17-33-16-22(31-32-33)18-37-28-30-25-11-7-6-10-23(25)27(36)34(28)15-21-8-4-3-5-9-21/h3-14,16H,15,17-18H2,1-2H3,(H,29,35). The number of anilines is 1. The van der Waals surface area contributed by atoms with Crippen LogP contribution < -0.4 is 10.9 Å². The number of para-hydroxylation sites is 1. The first kappa shape index (κ1) is 24.5. The van der Waals surface area contributed by atoms with Crippen LogP contribution in [0.3, 0.4) is 0 Å². The lowest BCUT2D eigenvalue weighted by Crippen LogP contribution is -2.24. The van der Waals surface area contributed by atoms with Crippen LogP contribution in [0.15, 0.2) is 88.9 Å². The summed E-state index contributed by atoms with van der Waals surface area (Å²) in [5, 5.41) is 12.4. The van der Waals surface area contributed by atoms with Crippen LogP contribution in [0.4, 0.5) is 5.69 Å². The second kappa shape index (κ2) is 10.8. The minimum atomic E-state index is -0.177. The summed E-state index contributed by atoms with van der Waals surface area (Å²) >= 11 is 1.42. The van der Waals surface area contributed by atoms with Gasteiger partial charge in [0.1, 0.15) is 6.54 Å². The molecule has 9 heteroatoms. The molecule has 1 N–H and O–H groups in total. The summed E-state index contributed by atoms with van der Waals surface area (Å²) in [6.45, 7) is 4.46. The number of amides is 1. The number of hydrogen-bond donors (Lipinski definition) is 1. The van der Waals surface area contributed by atoms with Crippen molar-refractivity contribution in [3.63, 3.8) is 0 Å². The van der Waals surface area contributed by atoms with Crippen molar-refractivity contribution in [2.75, 3.05) is 5.32 Å². The molecule has 5 rings (SSSR count). The van der Waals surface area contributed by atoms with E-state index >= 15 is 0 Å². The zero-order valence-electron chi connectivity index (χ0n) is 20.6. The summed E-state index contributed by atoms with van der Waals surface area (Å²) in [4.78, 5) is 30.6. The van der Waals surface area contributed by atoms with Gasteiger partial charge in [0, 0.05) is 17.6 Å². The number of thioether (sulfide) groups is 1. The normalized spacial score (nSPS) is 11.1.